The third-order valence-electron chi connectivity index (χ3n) is 5.38. The summed E-state index contributed by atoms with van der Waals surface area (Å²) in [6, 6.07) is 21.3. The summed E-state index contributed by atoms with van der Waals surface area (Å²) in [4.78, 5) is 31.8. The number of hydrogen-bond donors (Lipinski definition) is 1. The number of hydrogen-bond acceptors (Lipinski definition) is 5. The first-order valence-corrected chi connectivity index (χ1v) is 13.3. The molecule has 4 rings (SSSR count). The standard InChI is InChI=1S/C27H22Cl3N3O3S/c1-17(7-8-18-5-3-2-4-6-18)31-27(35)36-24-16-37-26(32-24)33(21-12-9-19(28)10-13-21)25(34)22-14-11-20(29)15-23(22)30/h2-6,9-17H,7-8H2,1H3,(H,31,35). The monoisotopic (exact) mass is 573 g/mol. The van der Waals surface area contributed by atoms with Crippen molar-refractivity contribution in [3.05, 3.63) is 104 Å². The number of rotatable bonds is 8. The molecular weight excluding hydrogens is 553 g/mol. The quantitative estimate of drug-likeness (QED) is 0.230. The molecule has 1 heterocycles. The summed E-state index contributed by atoms with van der Waals surface area (Å²) < 4.78 is 5.39. The van der Waals surface area contributed by atoms with Gasteiger partial charge in [-0.3, -0.25) is 9.69 Å². The summed E-state index contributed by atoms with van der Waals surface area (Å²) in [5, 5.41) is 5.79. The van der Waals surface area contributed by atoms with Gasteiger partial charge in [0, 0.05) is 16.1 Å². The Kier molecular flexibility index (Phi) is 9.05. The van der Waals surface area contributed by atoms with E-state index in [1.54, 1.807) is 41.8 Å². The van der Waals surface area contributed by atoms with Gasteiger partial charge < -0.3 is 10.1 Å². The van der Waals surface area contributed by atoms with Gasteiger partial charge in [-0.2, -0.15) is 4.98 Å². The van der Waals surface area contributed by atoms with Crippen molar-refractivity contribution in [3.8, 4) is 5.88 Å². The average molecular weight is 575 g/mol. The van der Waals surface area contributed by atoms with E-state index in [0.29, 0.717) is 20.9 Å². The summed E-state index contributed by atoms with van der Waals surface area (Å²) in [5.41, 5.74) is 1.95. The minimum atomic E-state index is -0.623. The van der Waals surface area contributed by atoms with Crippen molar-refractivity contribution in [1.82, 2.24) is 10.3 Å². The molecule has 0 spiro atoms. The van der Waals surface area contributed by atoms with E-state index in [1.807, 2.05) is 37.3 Å². The number of aromatic nitrogens is 1. The Morgan fingerprint density at radius 1 is 1.00 bits per heavy atom. The lowest BCUT2D eigenvalue weighted by molar-refractivity contribution is 0.0999. The van der Waals surface area contributed by atoms with Crippen LogP contribution in [0.5, 0.6) is 5.88 Å². The zero-order valence-corrected chi connectivity index (χ0v) is 22.7. The van der Waals surface area contributed by atoms with E-state index in [9.17, 15) is 9.59 Å². The van der Waals surface area contributed by atoms with Crippen LogP contribution in [0.1, 0.15) is 29.3 Å². The fourth-order valence-corrected chi connectivity index (χ4v) is 4.87. The Hall–Kier alpha value is -3.10. The molecule has 4 aromatic rings. The average Bonchev–Trinajstić information content (AvgIpc) is 3.32. The molecular formula is C27H22Cl3N3O3S. The number of amides is 2. The molecule has 0 aliphatic carbocycles. The lowest BCUT2D eigenvalue weighted by atomic mass is 10.1. The van der Waals surface area contributed by atoms with Crippen LogP contribution < -0.4 is 15.0 Å². The first-order chi connectivity index (χ1) is 17.8. The van der Waals surface area contributed by atoms with Crippen LogP contribution in [0.4, 0.5) is 15.6 Å². The third-order valence-corrected chi connectivity index (χ3v) is 6.99. The van der Waals surface area contributed by atoms with E-state index < -0.39 is 12.0 Å². The fraction of sp³-hybridized carbons (Fsp3) is 0.148. The summed E-state index contributed by atoms with van der Waals surface area (Å²) >= 11 is 19.5. The summed E-state index contributed by atoms with van der Waals surface area (Å²) in [5.74, 6) is -0.356. The summed E-state index contributed by atoms with van der Waals surface area (Å²) in [6.07, 6.45) is 0.957. The number of halogens is 3. The second-order valence-electron chi connectivity index (χ2n) is 8.17. The maximum Gasteiger partial charge on any atom is 0.414 e. The predicted molar refractivity (Wildman–Crippen MR) is 150 cm³/mol. The van der Waals surface area contributed by atoms with Gasteiger partial charge in [0.1, 0.15) is 0 Å². The van der Waals surface area contributed by atoms with Crippen LogP contribution >= 0.6 is 46.1 Å². The van der Waals surface area contributed by atoms with Crippen LogP contribution in [-0.4, -0.2) is 23.0 Å². The molecule has 0 fully saturated rings. The van der Waals surface area contributed by atoms with Crippen LogP contribution in [0.2, 0.25) is 15.1 Å². The predicted octanol–water partition coefficient (Wildman–Crippen LogP) is 8.19. The molecule has 0 aliphatic rings. The SMILES string of the molecule is CC(CCc1ccccc1)NC(=O)Oc1csc(N(C(=O)c2ccc(Cl)cc2Cl)c2ccc(Cl)cc2)n1. The normalized spacial score (nSPS) is 11.6. The molecule has 0 bridgehead atoms. The zero-order chi connectivity index (χ0) is 26.4. The van der Waals surface area contributed by atoms with E-state index in [2.05, 4.69) is 10.3 Å². The molecule has 0 aliphatic heterocycles. The Labute approximate surface area is 233 Å². The van der Waals surface area contributed by atoms with Crippen LogP contribution in [0.25, 0.3) is 0 Å². The Balaban J connectivity index is 1.48. The van der Waals surface area contributed by atoms with Crippen molar-refractivity contribution in [2.24, 2.45) is 0 Å². The van der Waals surface area contributed by atoms with Gasteiger partial charge in [-0.1, -0.05) is 65.1 Å². The van der Waals surface area contributed by atoms with Gasteiger partial charge in [0.05, 0.1) is 21.7 Å². The molecule has 2 amide bonds. The van der Waals surface area contributed by atoms with E-state index in [-0.39, 0.29) is 22.5 Å². The van der Waals surface area contributed by atoms with Crippen LogP contribution in [0.15, 0.2) is 78.2 Å². The van der Waals surface area contributed by atoms with Crippen molar-refractivity contribution in [1.29, 1.82) is 0 Å². The van der Waals surface area contributed by atoms with E-state index in [0.717, 1.165) is 24.2 Å². The number of nitrogens with zero attached hydrogens (tertiary/aromatic N) is 2. The number of anilines is 2. The minimum absolute atomic E-state index is 0.0710. The summed E-state index contributed by atoms with van der Waals surface area (Å²) in [6.45, 7) is 1.91. The van der Waals surface area contributed by atoms with Crippen molar-refractivity contribution in [3.63, 3.8) is 0 Å². The zero-order valence-electron chi connectivity index (χ0n) is 19.7. The second kappa shape index (κ2) is 12.4. The third kappa shape index (κ3) is 7.23. The van der Waals surface area contributed by atoms with Gasteiger partial charge in [0.25, 0.3) is 5.91 Å². The van der Waals surface area contributed by atoms with Crippen molar-refractivity contribution >= 4 is 69.0 Å². The Bertz CT molecular complexity index is 1380. The molecule has 37 heavy (non-hydrogen) atoms. The lowest BCUT2D eigenvalue weighted by Gasteiger charge is -2.20. The first-order valence-electron chi connectivity index (χ1n) is 11.3. The van der Waals surface area contributed by atoms with Gasteiger partial charge in [0.15, 0.2) is 0 Å². The number of ether oxygens (including phenoxy) is 1. The van der Waals surface area contributed by atoms with Gasteiger partial charge in [-0.25, -0.2) is 4.79 Å². The smallest absolute Gasteiger partial charge is 0.390 e. The van der Waals surface area contributed by atoms with Gasteiger partial charge in [-0.15, -0.1) is 11.3 Å². The highest BCUT2D eigenvalue weighted by molar-refractivity contribution is 7.14. The largest absolute Gasteiger partial charge is 0.414 e. The number of aryl methyl sites for hydroxylation is 1. The highest BCUT2D eigenvalue weighted by Crippen LogP contribution is 2.35. The highest BCUT2D eigenvalue weighted by Gasteiger charge is 2.25. The molecule has 190 valence electrons. The molecule has 0 saturated heterocycles. The highest BCUT2D eigenvalue weighted by atomic mass is 35.5. The molecule has 1 atom stereocenters. The molecule has 3 aromatic carbocycles. The van der Waals surface area contributed by atoms with E-state index in [4.69, 9.17) is 39.5 Å². The first kappa shape index (κ1) is 26.9. The number of carbonyl (C=O) groups excluding carboxylic acids is 2. The molecule has 6 nitrogen and oxygen atoms in total. The van der Waals surface area contributed by atoms with Crippen molar-refractivity contribution in [2.45, 2.75) is 25.8 Å². The topological polar surface area (TPSA) is 71.5 Å². The van der Waals surface area contributed by atoms with Gasteiger partial charge in [0.2, 0.25) is 11.0 Å². The minimum Gasteiger partial charge on any atom is -0.390 e. The Morgan fingerprint density at radius 3 is 2.41 bits per heavy atom. The maximum absolute atomic E-state index is 13.5. The molecule has 1 unspecified atom stereocenters. The van der Waals surface area contributed by atoms with Gasteiger partial charge >= 0.3 is 6.09 Å². The molecule has 0 saturated carbocycles. The number of benzene rings is 3. The van der Waals surface area contributed by atoms with Crippen molar-refractivity contribution in [2.75, 3.05) is 4.90 Å². The maximum atomic E-state index is 13.5. The molecule has 0 radical (unpaired) electrons. The lowest BCUT2D eigenvalue weighted by Crippen LogP contribution is -2.35. The Morgan fingerprint density at radius 2 is 1.70 bits per heavy atom. The molecule has 1 N–H and O–H groups in total. The number of nitrogens with one attached hydrogen (secondary N) is 1. The van der Waals surface area contributed by atoms with E-state index in [1.165, 1.54) is 16.5 Å². The fourth-order valence-electron chi connectivity index (χ4n) is 3.51. The van der Waals surface area contributed by atoms with Crippen LogP contribution in [0, 0.1) is 0 Å². The van der Waals surface area contributed by atoms with Crippen LogP contribution in [-0.2, 0) is 6.42 Å². The van der Waals surface area contributed by atoms with Crippen molar-refractivity contribution < 1.29 is 14.3 Å². The van der Waals surface area contributed by atoms with Gasteiger partial charge in [-0.05, 0) is 67.8 Å². The van der Waals surface area contributed by atoms with Crippen LogP contribution in [0.3, 0.4) is 0 Å². The molecule has 10 heteroatoms. The van der Waals surface area contributed by atoms with E-state index >= 15 is 0 Å². The number of carbonyl (C=O) groups is 2. The second-order valence-corrected chi connectivity index (χ2v) is 10.3. The number of thiazole rings is 1. The summed E-state index contributed by atoms with van der Waals surface area (Å²) in [7, 11) is 0. The molecule has 1 aromatic heterocycles.